The molecule has 2 fully saturated rings. The lowest BCUT2D eigenvalue weighted by Gasteiger charge is -2.35. The van der Waals surface area contributed by atoms with E-state index in [1.54, 1.807) is 0 Å². The number of benzene rings is 1. The zero-order valence-electron chi connectivity index (χ0n) is 13.7. The Kier molecular flexibility index (Phi) is 4.40. The standard InChI is InChI=1S/C18H23N3O3/c22-18-12-23-14(10-20-18)11-21-8-5-13(6-9-21)24-17-3-1-2-16-15(17)4-7-19-16/h1-4,7,13-14,19H,5-6,8-12H2,(H,20,22). The number of carbonyl (C=O) groups excluding carboxylic acids is 1. The SMILES string of the molecule is O=C1COC(CN2CCC(Oc3cccc4[nH]ccc34)CC2)CN1. The van der Waals surface area contributed by atoms with Crippen molar-refractivity contribution in [3.8, 4) is 5.75 Å². The van der Waals surface area contributed by atoms with Crippen molar-refractivity contribution >= 4 is 16.8 Å². The Morgan fingerprint density at radius 3 is 2.92 bits per heavy atom. The van der Waals surface area contributed by atoms with Crippen LogP contribution in [0, 0.1) is 0 Å². The average Bonchev–Trinajstić information content (AvgIpc) is 3.08. The van der Waals surface area contributed by atoms with Crippen LogP contribution in [0.1, 0.15) is 12.8 Å². The Labute approximate surface area is 141 Å². The topological polar surface area (TPSA) is 66.6 Å². The number of carbonyl (C=O) groups is 1. The highest BCUT2D eigenvalue weighted by molar-refractivity contribution is 5.85. The normalized spacial score (nSPS) is 23.3. The summed E-state index contributed by atoms with van der Waals surface area (Å²) in [6, 6.07) is 8.20. The molecule has 128 valence electrons. The molecule has 4 rings (SSSR count). The number of morpholine rings is 1. The highest BCUT2D eigenvalue weighted by Crippen LogP contribution is 2.27. The van der Waals surface area contributed by atoms with E-state index in [0.717, 1.165) is 49.1 Å². The number of nitrogens with one attached hydrogen (secondary N) is 2. The van der Waals surface area contributed by atoms with Crippen LogP contribution in [0.4, 0.5) is 0 Å². The van der Waals surface area contributed by atoms with E-state index in [1.165, 1.54) is 0 Å². The van der Waals surface area contributed by atoms with Crippen molar-refractivity contribution in [2.75, 3.05) is 32.8 Å². The minimum absolute atomic E-state index is 0.0164. The van der Waals surface area contributed by atoms with Crippen LogP contribution in [0.3, 0.4) is 0 Å². The van der Waals surface area contributed by atoms with Crippen LogP contribution < -0.4 is 10.1 Å². The Hall–Kier alpha value is -2.05. The maximum atomic E-state index is 11.1. The lowest BCUT2D eigenvalue weighted by Crippen LogP contribution is -2.50. The number of nitrogens with zero attached hydrogens (tertiary/aromatic N) is 1. The van der Waals surface area contributed by atoms with Crippen molar-refractivity contribution in [2.24, 2.45) is 0 Å². The second-order valence-corrected chi connectivity index (χ2v) is 6.55. The van der Waals surface area contributed by atoms with Gasteiger partial charge in [-0.2, -0.15) is 0 Å². The third kappa shape index (κ3) is 3.39. The lowest BCUT2D eigenvalue weighted by atomic mass is 10.1. The lowest BCUT2D eigenvalue weighted by molar-refractivity contribution is -0.134. The number of hydrogen-bond acceptors (Lipinski definition) is 4. The molecule has 1 aromatic carbocycles. The summed E-state index contributed by atoms with van der Waals surface area (Å²) in [6.07, 6.45) is 4.34. The average molecular weight is 329 g/mol. The fraction of sp³-hybridized carbons (Fsp3) is 0.500. The molecule has 3 heterocycles. The first kappa shape index (κ1) is 15.5. The maximum absolute atomic E-state index is 11.1. The van der Waals surface area contributed by atoms with E-state index in [-0.39, 0.29) is 24.7 Å². The van der Waals surface area contributed by atoms with Crippen molar-refractivity contribution in [2.45, 2.75) is 25.0 Å². The van der Waals surface area contributed by atoms with Gasteiger partial charge in [0.25, 0.3) is 0 Å². The summed E-state index contributed by atoms with van der Waals surface area (Å²) in [5.41, 5.74) is 1.11. The highest BCUT2D eigenvalue weighted by Gasteiger charge is 2.25. The number of aromatic nitrogens is 1. The largest absolute Gasteiger partial charge is 0.490 e. The van der Waals surface area contributed by atoms with Crippen molar-refractivity contribution in [3.05, 3.63) is 30.5 Å². The predicted octanol–water partition coefficient (Wildman–Crippen LogP) is 1.53. The summed E-state index contributed by atoms with van der Waals surface area (Å²) in [5, 5.41) is 4.00. The molecule has 2 aliphatic rings. The van der Waals surface area contributed by atoms with Crippen molar-refractivity contribution in [1.82, 2.24) is 15.2 Å². The fourth-order valence-electron chi connectivity index (χ4n) is 3.49. The molecule has 6 heteroatoms. The zero-order chi connectivity index (χ0) is 16.4. The summed E-state index contributed by atoms with van der Waals surface area (Å²) < 4.78 is 11.8. The van der Waals surface area contributed by atoms with Gasteiger partial charge in [0.1, 0.15) is 18.5 Å². The Bertz CT molecular complexity index is 696. The second-order valence-electron chi connectivity index (χ2n) is 6.55. The Balaban J connectivity index is 1.28. The fourth-order valence-corrected chi connectivity index (χ4v) is 3.49. The van der Waals surface area contributed by atoms with Crippen LogP contribution in [0.25, 0.3) is 10.9 Å². The first-order valence-corrected chi connectivity index (χ1v) is 8.61. The number of aromatic amines is 1. The van der Waals surface area contributed by atoms with E-state index >= 15 is 0 Å². The third-order valence-electron chi connectivity index (χ3n) is 4.82. The van der Waals surface area contributed by atoms with Gasteiger partial charge >= 0.3 is 0 Å². The van der Waals surface area contributed by atoms with Crippen LogP contribution in [-0.2, 0) is 9.53 Å². The van der Waals surface area contributed by atoms with Crippen molar-refractivity contribution in [3.63, 3.8) is 0 Å². The van der Waals surface area contributed by atoms with Crippen LogP contribution in [0.15, 0.2) is 30.5 Å². The molecule has 0 aliphatic carbocycles. The van der Waals surface area contributed by atoms with E-state index in [2.05, 4.69) is 27.3 Å². The third-order valence-corrected chi connectivity index (χ3v) is 4.82. The number of H-pyrrole nitrogens is 1. The van der Waals surface area contributed by atoms with Gasteiger partial charge in [-0.3, -0.25) is 4.79 Å². The molecular weight excluding hydrogens is 306 g/mol. The monoisotopic (exact) mass is 329 g/mol. The highest BCUT2D eigenvalue weighted by atomic mass is 16.5. The number of ether oxygens (including phenoxy) is 2. The van der Waals surface area contributed by atoms with Gasteiger partial charge in [-0.25, -0.2) is 0 Å². The first-order valence-electron chi connectivity index (χ1n) is 8.61. The molecule has 0 saturated carbocycles. The van der Waals surface area contributed by atoms with E-state index in [1.807, 2.05) is 18.3 Å². The number of hydrogen-bond donors (Lipinski definition) is 2. The van der Waals surface area contributed by atoms with Gasteiger partial charge in [0.15, 0.2) is 0 Å². The number of fused-ring (bicyclic) bond motifs is 1. The van der Waals surface area contributed by atoms with Gasteiger partial charge in [-0.1, -0.05) is 6.07 Å². The Morgan fingerprint density at radius 2 is 2.12 bits per heavy atom. The molecule has 0 spiro atoms. The molecule has 2 aliphatic heterocycles. The summed E-state index contributed by atoms with van der Waals surface area (Å²) in [4.78, 5) is 16.7. The van der Waals surface area contributed by atoms with Gasteiger partial charge in [0, 0.05) is 43.3 Å². The van der Waals surface area contributed by atoms with Gasteiger partial charge in [-0.05, 0) is 31.0 Å². The number of amides is 1. The summed E-state index contributed by atoms with van der Waals surface area (Å²) in [6.45, 7) is 3.68. The molecule has 1 amide bonds. The minimum Gasteiger partial charge on any atom is -0.490 e. The quantitative estimate of drug-likeness (QED) is 0.893. The van der Waals surface area contributed by atoms with Crippen molar-refractivity contribution < 1.29 is 14.3 Å². The molecule has 2 saturated heterocycles. The number of likely N-dealkylation sites (tertiary alicyclic amines) is 1. The molecule has 1 atom stereocenters. The summed E-state index contributed by atoms with van der Waals surface area (Å²) >= 11 is 0. The molecule has 2 aromatic rings. The molecule has 2 N–H and O–H groups in total. The van der Waals surface area contributed by atoms with E-state index in [4.69, 9.17) is 9.47 Å². The van der Waals surface area contributed by atoms with Gasteiger partial charge < -0.3 is 24.7 Å². The van der Waals surface area contributed by atoms with Crippen LogP contribution in [0.2, 0.25) is 0 Å². The zero-order valence-corrected chi connectivity index (χ0v) is 13.7. The summed E-state index contributed by atoms with van der Waals surface area (Å²) in [7, 11) is 0. The van der Waals surface area contributed by atoms with Crippen LogP contribution in [-0.4, -0.2) is 60.8 Å². The van der Waals surface area contributed by atoms with Crippen LogP contribution >= 0.6 is 0 Å². The van der Waals surface area contributed by atoms with Crippen molar-refractivity contribution in [1.29, 1.82) is 0 Å². The molecule has 0 bridgehead atoms. The van der Waals surface area contributed by atoms with E-state index in [0.29, 0.717) is 6.54 Å². The van der Waals surface area contributed by atoms with E-state index in [9.17, 15) is 4.79 Å². The van der Waals surface area contributed by atoms with Gasteiger partial charge in [-0.15, -0.1) is 0 Å². The molecule has 0 radical (unpaired) electrons. The predicted molar refractivity (Wildman–Crippen MR) is 91.1 cm³/mol. The number of piperidine rings is 1. The minimum atomic E-state index is -0.0164. The van der Waals surface area contributed by atoms with Gasteiger partial charge in [0.2, 0.25) is 5.91 Å². The summed E-state index contributed by atoms with van der Waals surface area (Å²) in [5.74, 6) is 0.947. The molecular formula is C18H23N3O3. The maximum Gasteiger partial charge on any atom is 0.246 e. The smallest absolute Gasteiger partial charge is 0.246 e. The molecule has 24 heavy (non-hydrogen) atoms. The number of rotatable bonds is 4. The molecule has 1 aromatic heterocycles. The van der Waals surface area contributed by atoms with Crippen LogP contribution in [0.5, 0.6) is 5.75 Å². The Morgan fingerprint density at radius 1 is 1.25 bits per heavy atom. The van der Waals surface area contributed by atoms with E-state index < -0.39 is 0 Å². The molecule has 6 nitrogen and oxygen atoms in total. The molecule has 1 unspecified atom stereocenters. The van der Waals surface area contributed by atoms with Gasteiger partial charge in [0.05, 0.1) is 6.10 Å². The second kappa shape index (κ2) is 6.83. The first-order chi connectivity index (χ1) is 11.8.